The second-order valence-corrected chi connectivity index (χ2v) is 3.36. The topological polar surface area (TPSA) is 27.1 Å². The smallest absolute Gasteiger partial charge is 0.103 e. The van der Waals surface area contributed by atoms with Gasteiger partial charge < -0.3 is 4.90 Å². The van der Waals surface area contributed by atoms with Gasteiger partial charge in [-0.3, -0.25) is 5.41 Å². The zero-order valence-corrected chi connectivity index (χ0v) is 7.65. The molecule has 0 unspecified atom stereocenters. The van der Waals surface area contributed by atoms with Crippen LogP contribution in [0.2, 0.25) is 0 Å². The van der Waals surface area contributed by atoms with Crippen molar-refractivity contribution in [3.05, 3.63) is 0 Å². The minimum Gasteiger partial charge on any atom is -0.360 e. The normalized spacial score (nSPS) is 19.7. The highest BCUT2D eigenvalue weighted by Gasteiger charge is 2.19. The molecule has 0 aromatic heterocycles. The lowest BCUT2D eigenvalue weighted by Crippen LogP contribution is -2.38. The van der Waals surface area contributed by atoms with Crippen LogP contribution in [0.1, 0.15) is 32.6 Å². The molecule has 1 saturated heterocycles. The van der Waals surface area contributed by atoms with E-state index in [-0.39, 0.29) is 0 Å². The number of rotatable bonds is 2. The third-order valence-corrected chi connectivity index (χ3v) is 2.29. The van der Waals surface area contributed by atoms with Crippen LogP contribution in [-0.4, -0.2) is 30.0 Å². The fraction of sp³-hybridized carbons (Fsp3) is 0.889. The highest BCUT2D eigenvalue weighted by Crippen LogP contribution is 2.14. The fourth-order valence-electron chi connectivity index (χ4n) is 1.51. The largest absolute Gasteiger partial charge is 0.360 e. The van der Waals surface area contributed by atoms with Crippen molar-refractivity contribution < 1.29 is 4.39 Å². The number of halogens is 1. The van der Waals surface area contributed by atoms with E-state index in [9.17, 15) is 4.39 Å². The average molecular weight is 172 g/mol. The van der Waals surface area contributed by atoms with Crippen LogP contribution < -0.4 is 0 Å². The Kier molecular flexibility index (Phi) is 3.50. The molecule has 1 N–H and O–H groups in total. The standard InChI is InChI=1S/C9H17FN2/c1-2-3-9(11)12-6-4-8(10)5-7-12/h8,11H,2-7H2,1H3. The molecule has 0 radical (unpaired) electrons. The van der Waals surface area contributed by atoms with Crippen molar-refractivity contribution in [2.75, 3.05) is 13.1 Å². The molecule has 0 saturated carbocycles. The van der Waals surface area contributed by atoms with Crippen LogP contribution in [0, 0.1) is 5.41 Å². The number of amidine groups is 1. The number of nitrogens with zero attached hydrogens (tertiary/aromatic N) is 1. The SMILES string of the molecule is CCCC(=N)N1CCC(F)CC1. The van der Waals surface area contributed by atoms with Gasteiger partial charge in [0.1, 0.15) is 6.17 Å². The molecule has 0 aromatic rings. The zero-order chi connectivity index (χ0) is 8.97. The highest BCUT2D eigenvalue weighted by molar-refractivity contribution is 5.79. The maximum Gasteiger partial charge on any atom is 0.103 e. The molecule has 0 amide bonds. The van der Waals surface area contributed by atoms with E-state index < -0.39 is 6.17 Å². The van der Waals surface area contributed by atoms with Gasteiger partial charge in [0, 0.05) is 19.5 Å². The predicted molar refractivity (Wildman–Crippen MR) is 48.3 cm³/mol. The Bertz CT molecular complexity index is 151. The van der Waals surface area contributed by atoms with Crippen LogP contribution in [-0.2, 0) is 0 Å². The van der Waals surface area contributed by atoms with Gasteiger partial charge in [-0.05, 0) is 19.3 Å². The summed E-state index contributed by atoms with van der Waals surface area (Å²) in [5.74, 6) is 0.685. The summed E-state index contributed by atoms with van der Waals surface area (Å²) in [5.41, 5.74) is 0. The molecule has 1 heterocycles. The summed E-state index contributed by atoms with van der Waals surface area (Å²) in [7, 11) is 0. The summed E-state index contributed by atoms with van der Waals surface area (Å²) >= 11 is 0. The van der Waals surface area contributed by atoms with E-state index in [4.69, 9.17) is 5.41 Å². The van der Waals surface area contributed by atoms with Gasteiger partial charge in [-0.15, -0.1) is 0 Å². The summed E-state index contributed by atoms with van der Waals surface area (Å²) in [6, 6.07) is 0. The molecule has 12 heavy (non-hydrogen) atoms. The number of nitrogens with one attached hydrogen (secondary N) is 1. The fourth-order valence-corrected chi connectivity index (χ4v) is 1.51. The molecule has 0 spiro atoms. The van der Waals surface area contributed by atoms with Gasteiger partial charge in [0.25, 0.3) is 0 Å². The number of hydrogen-bond donors (Lipinski definition) is 1. The first-order chi connectivity index (χ1) is 5.74. The predicted octanol–water partition coefficient (Wildman–Crippen LogP) is 2.20. The number of hydrogen-bond acceptors (Lipinski definition) is 1. The van der Waals surface area contributed by atoms with Crippen LogP contribution in [0.15, 0.2) is 0 Å². The van der Waals surface area contributed by atoms with Gasteiger partial charge in [-0.25, -0.2) is 4.39 Å². The zero-order valence-electron chi connectivity index (χ0n) is 7.65. The molecular formula is C9H17FN2. The lowest BCUT2D eigenvalue weighted by molar-refractivity contribution is 0.202. The Morgan fingerprint density at radius 3 is 2.58 bits per heavy atom. The third kappa shape index (κ3) is 2.47. The molecule has 3 heteroatoms. The molecule has 70 valence electrons. The first-order valence-electron chi connectivity index (χ1n) is 4.70. The molecular weight excluding hydrogens is 155 g/mol. The van der Waals surface area contributed by atoms with E-state index in [1.54, 1.807) is 0 Å². The van der Waals surface area contributed by atoms with E-state index in [1.807, 2.05) is 4.90 Å². The monoisotopic (exact) mass is 172 g/mol. The minimum atomic E-state index is -0.629. The van der Waals surface area contributed by atoms with Gasteiger partial charge in [-0.1, -0.05) is 6.92 Å². The Hall–Kier alpha value is -0.600. The maximum atomic E-state index is 12.7. The Morgan fingerprint density at radius 1 is 1.50 bits per heavy atom. The van der Waals surface area contributed by atoms with Crippen molar-refractivity contribution in [1.29, 1.82) is 5.41 Å². The van der Waals surface area contributed by atoms with Crippen molar-refractivity contribution in [3.8, 4) is 0 Å². The van der Waals surface area contributed by atoms with Crippen molar-refractivity contribution in [2.45, 2.75) is 38.8 Å². The molecule has 0 aromatic carbocycles. The van der Waals surface area contributed by atoms with Crippen LogP contribution >= 0.6 is 0 Å². The van der Waals surface area contributed by atoms with Crippen molar-refractivity contribution >= 4 is 5.84 Å². The van der Waals surface area contributed by atoms with Crippen molar-refractivity contribution in [2.24, 2.45) is 0 Å². The minimum absolute atomic E-state index is 0.603. The second kappa shape index (κ2) is 4.43. The van der Waals surface area contributed by atoms with Crippen LogP contribution in [0.5, 0.6) is 0 Å². The Morgan fingerprint density at radius 2 is 2.08 bits per heavy atom. The molecule has 0 bridgehead atoms. The number of alkyl halides is 1. The van der Waals surface area contributed by atoms with Gasteiger partial charge in [0.05, 0.1) is 5.84 Å². The van der Waals surface area contributed by atoms with E-state index in [2.05, 4.69) is 6.92 Å². The first kappa shape index (κ1) is 9.49. The van der Waals surface area contributed by atoms with Gasteiger partial charge in [0.2, 0.25) is 0 Å². The quantitative estimate of drug-likeness (QED) is 0.501. The molecule has 1 aliphatic rings. The summed E-state index contributed by atoms with van der Waals surface area (Å²) in [6.07, 6.45) is 2.42. The number of likely N-dealkylation sites (tertiary alicyclic amines) is 1. The average Bonchev–Trinajstić information content (AvgIpc) is 2.06. The van der Waals surface area contributed by atoms with Gasteiger partial charge >= 0.3 is 0 Å². The molecule has 0 atom stereocenters. The summed E-state index contributed by atoms with van der Waals surface area (Å²) in [5, 5.41) is 7.65. The summed E-state index contributed by atoms with van der Waals surface area (Å²) in [4.78, 5) is 2.00. The highest BCUT2D eigenvalue weighted by atomic mass is 19.1. The van der Waals surface area contributed by atoms with Crippen LogP contribution in [0.4, 0.5) is 4.39 Å². The Balaban J connectivity index is 2.29. The van der Waals surface area contributed by atoms with Gasteiger partial charge in [0.15, 0.2) is 0 Å². The van der Waals surface area contributed by atoms with E-state index in [1.165, 1.54) is 0 Å². The molecule has 1 rings (SSSR count). The van der Waals surface area contributed by atoms with E-state index in [0.717, 1.165) is 25.9 Å². The molecule has 1 aliphatic heterocycles. The van der Waals surface area contributed by atoms with Crippen LogP contribution in [0.3, 0.4) is 0 Å². The number of piperidine rings is 1. The summed E-state index contributed by atoms with van der Waals surface area (Å²) in [6.45, 7) is 3.54. The van der Waals surface area contributed by atoms with Crippen LogP contribution in [0.25, 0.3) is 0 Å². The third-order valence-electron chi connectivity index (χ3n) is 2.29. The van der Waals surface area contributed by atoms with E-state index >= 15 is 0 Å². The van der Waals surface area contributed by atoms with E-state index in [0.29, 0.717) is 18.7 Å². The molecule has 1 fully saturated rings. The maximum absolute atomic E-state index is 12.7. The van der Waals surface area contributed by atoms with Crippen molar-refractivity contribution in [1.82, 2.24) is 4.90 Å². The second-order valence-electron chi connectivity index (χ2n) is 3.36. The lowest BCUT2D eigenvalue weighted by Gasteiger charge is -2.30. The lowest BCUT2D eigenvalue weighted by atomic mass is 10.1. The Labute approximate surface area is 73.3 Å². The first-order valence-corrected chi connectivity index (χ1v) is 4.70. The molecule has 0 aliphatic carbocycles. The summed E-state index contributed by atoms with van der Waals surface area (Å²) < 4.78 is 12.7. The van der Waals surface area contributed by atoms with Gasteiger partial charge in [-0.2, -0.15) is 0 Å². The molecule has 2 nitrogen and oxygen atoms in total. The van der Waals surface area contributed by atoms with Crippen molar-refractivity contribution in [3.63, 3.8) is 0 Å².